The number of aryl methyl sites for hydroxylation is 1. The Morgan fingerprint density at radius 3 is 2.33 bits per heavy atom. The van der Waals surface area contributed by atoms with Gasteiger partial charge in [0.15, 0.2) is 5.96 Å². The van der Waals surface area contributed by atoms with Gasteiger partial charge in [0, 0.05) is 32.1 Å². The number of carbonyl (C=O) groups is 2. The molecular weight excluding hydrogens is 493 g/mol. The molecule has 1 atom stereocenters. The van der Waals surface area contributed by atoms with Crippen LogP contribution in [-0.2, 0) is 10.2 Å². The third-order valence-corrected chi connectivity index (χ3v) is 6.42. The average molecular weight is 527 g/mol. The molecule has 0 aliphatic carbocycles. The third-order valence-electron chi connectivity index (χ3n) is 6.42. The number of halogens is 1. The van der Waals surface area contributed by atoms with Crippen LogP contribution in [0.1, 0.15) is 44.7 Å². The fraction of sp³-hybridized carbons (Fsp3) is 0.591. The molecule has 1 aromatic carbocycles. The first kappa shape index (κ1) is 24.4. The van der Waals surface area contributed by atoms with Crippen LogP contribution >= 0.6 is 24.0 Å². The van der Waals surface area contributed by atoms with Gasteiger partial charge in [-0.15, -0.1) is 24.0 Å². The van der Waals surface area contributed by atoms with E-state index in [1.807, 2.05) is 6.92 Å². The molecule has 3 N–H and O–H groups in total. The Balaban J connectivity index is 0.00000320. The summed E-state index contributed by atoms with van der Waals surface area (Å²) in [6.07, 6.45) is 1.65. The van der Waals surface area contributed by atoms with Gasteiger partial charge in [-0.1, -0.05) is 43.7 Å². The molecule has 2 aliphatic heterocycles. The Bertz CT molecular complexity index is 800. The molecular formula is C22H34IN5O2. The molecule has 166 valence electrons. The molecule has 2 saturated heterocycles. The molecule has 1 unspecified atom stereocenters. The smallest absolute Gasteiger partial charge is 0.322 e. The van der Waals surface area contributed by atoms with Crippen molar-refractivity contribution in [2.45, 2.75) is 51.5 Å². The van der Waals surface area contributed by atoms with E-state index in [-0.39, 0.29) is 41.2 Å². The molecule has 2 heterocycles. The summed E-state index contributed by atoms with van der Waals surface area (Å²) in [5.74, 6) is 0.782. The number of nitrogens with one attached hydrogen (secondary N) is 3. The number of nitrogens with zero attached hydrogens (tertiary/aromatic N) is 2. The monoisotopic (exact) mass is 527 g/mol. The van der Waals surface area contributed by atoms with Crippen molar-refractivity contribution in [3.05, 3.63) is 35.4 Å². The molecule has 0 spiro atoms. The number of guanidine groups is 1. The minimum absolute atomic E-state index is 0. The summed E-state index contributed by atoms with van der Waals surface area (Å²) in [5, 5.41) is 8.71. The number of hydrogen-bond acceptors (Lipinski definition) is 3. The van der Waals surface area contributed by atoms with Gasteiger partial charge in [0.2, 0.25) is 0 Å². The molecule has 2 fully saturated rings. The van der Waals surface area contributed by atoms with Crippen molar-refractivity contribution in [2.75, 3.05) is 26.7 Å². The Hall–Kier alpha value is -1.84. The lowest BCUT2D eigenvalue weighted by atomic mass is 9.79. The second kappa shape index (κ2) is 9.53. The van der Waals surface area contributed by atoms with Crippen molar-refractivity contribution in [2.24, 2.45) is 10.9 Å². The number of hydrogen-bond donors (Lipinski definition) is 3. The van der Waals surface area contributed by atoms with Crippen LogP contribution in [0.15, 0.2) is 29.3 Å². The van der Waals surface area contributed by atoms with Crippen molar-refractivity contribution in [3.8, 4) is 0 Å². The molecule has 3 rings (SSSR count). The van der Waals surface area contributed by atoms with Crippen LogP contribution in [0.25, 0.3) is 0 Å². The number of imide groups is 1. The van der Waals surface area contributed by atoms with Gasteiger partial charge in [0.05, 0.1) is 0 Å². The molecule has 30 heavy (non-hydrogen) atoms. The predicted molar refractivity (Wildman–Crippen MR) is 130 cm³/mol. The summed E-state index contributed by atoms with van der Waals surface area (Å²) in [5.41, 5.74) is 1.72. The molecule has 3 amide bonds. The Morgan fingerprint density at radius 2 is 1.83 bits per heavy atom. The van der Waals surface area contributed by atoms with Crippen LogP contribution in [0, 0.1) is 12.8 Å². The summed E-state index contributed by atoms with van der Waals surface area (Å²) in [7, 11) is 1.80. The number of amides is 3. The number of carbonyl (C=O) groups excluding carboxylic acids is 2. The van der Waals surface area contributed by atoms with E-state index in [1.54, 1.807) is 7.05 Å². The number of piperidine rings is 1. The van der Waals surface area contributed by atoms with Crippen LogP contribution in [0.4, 0.5) is 4.79 Å². The minimum atomic E-state index is -0.812. The van der Waals surface area contributed by atoms with Crippen molar-refractivity contribution >= 4 is 41.9 Å². The van der Waals surface area contributed by atoms with Crippen LogP contribution in [0.3, 0.4) is 0 Å². The quantitative estimate of drug-likeness (QED) is 0.243. The maximum absolute atomic E-state index is 12.2. The van der Waals surface area contributed by atoms with Gasteiger partial charge in [0.25, 0.3) is 5.91 Å². The Kier molecular flexibility index (Phi) is 7.76. The maximum Gasteiger partial charge on any atom is 0.322 e. The maximum atomic E-state index is 12.2. The largest absolute Gasteiger partial charge is 0.355 e. The van der Waals surface area contributed by atoms with Crippen molar-refractivity contribution in [3.63, 3.8) is 0 Å². The zero-order chi connectivity index (χ0) is 21.2. The summed E-state index contributed by atoms with van der Waals surface area (Å²) >= 11 is 0. The molecule has 7 nitrogen and oxygen atoms in total. The van der Waals surface area contributed by atoms with Gasteiger partial charge in [-0.2, -0.15) is 0 Å². The van der Waals surface area contributed by atoms with E-state index in [4.69, 9.17) is 0 Å². The van der Waals surface area contributed by atoms with Gasteiger partial charge in [-0.25, -0.2) is 4.79 Å². The van der Waals surface area contributed by atoms with E-state index in [0.29, 0.717) is 0 Å². The Morgan fingerprint density at radius 1 is 1.23 bits per heavy atom. The van der Waals surface area contributed by atoms with Crippen LogP contribution in [-0.4, -0.2) is 55.0 Å². The zero-order valence-corrected chi connectivity index (χ0v) is 20.9. The molecule has 0 bridgehead atoms. The number of likely N-dealkylation sites (tertiary alicyclic amines) is 1. The number of aliphatic imine (C=N–C) groups is 1. The lowest BCUT2D eigenvalue weighted by Crippen LogP contribution is -2.56. The molecule has 2 aliphatic rings. The number of rotatable bonds is 4. The second-order valence-corrected chi connectivity index (χ2v) is 9.02. The fourth-order valence-corrected chi connectivity index (χ4v) is 4.25. The minimum Gasteiger partial charge on any atom is -0.355 e. The van der Waals surface area contributed by atoms with E-state index in [9.17, 15) is 9.59 Å². The lowest BCUT2D eigenvalue weighted by Gasteiger charge is -2.40. The van der Waals surface area contributed by atoms with Gasteiger partial charge < -0.3 is 15.5 Å². The first-order valence-corrected chi connectivity index (χ1v) is 10.3. The SMILES string of the molecule is CN=C(NCC(C)(C)c1ccc(C)cc1)N1CCC(C2(C)NC(=O)NC2=O)CC1.I. The van der Waals surface area contributed by atoms with Gasteiger partial charge in [0.1, 0.15) is 5.54 Å². The molecule has 0 aromatic heterocycles. The fourth-order valence-electron chi connectivity index (χ4n) is 4.25. The molecule has 8 heteroatoms. The van der Waals surface area contributed by atoms with Crippen molar-refractivity contribution < 1.29 is 9.59 Å². The lowest BCUT2D eigenvalue weighted by molar-refractivity contribution is -0.125. The predicted octanol–water partition coefficient (Wildman–Crippen LogP) is 2.78. The van der Waals surface area contributed by atoms with E-state index in [0.717, 1.165) is 38.4 Å². The summed E-state index contributed by atoms with van der Waals surface area (Å²) in [6.45, 7) is 10.8. The second-order valence-electron chi connectivity index (χ2n) is 9.02. The van der Waals surface area contributed by atoms with E-state index in [2.05, 4.69) is 70.9 Å². The highest BCUT2D eigenvalue weighted by Crippen LogP contribution is 2.31. The molecule has 0 radical (unpaired) electrons. The normalized spacial score (nSPS) is 23.0. The summed E-state index contributed by atoms with van der Waals surface area (Å²) < 4.78 is 0. The van der Waals surface area contributed by atoms with Gasteiger partial charge >= 0.3 is 6.03 Å². The van der Waals surface area contributed by atoms with E-state index in [1.165, 1.54) is 11.1 Å². The topological polar surface area (TPSA) is 85.8 Å². The zero-order valence-electron chi connectivity index (χ0n) is 18.5. The van der Waals surface area contributed by atoms with E-state index >= 15 is 0 Å². The van der Waals surface area contributed by atoms with Crippen LogP contribution < -0.4 is 16.0 Å². The van der Waals surface area contributed by atoms with Crippen molar-refractivity contribution in [1.82, 2.24) is 20.9 Å². The molecule has 0 saturated carbocycles. The van der Waals surface area contributed by atoms with Crippen LogP contribution in [0.2, 0.25) is 0 Å². The highest BCUT2D eigenvalue weighted by molar-refractivity contribution is 14.0. The van der Waals surface area contributed by atoms with Crippen LogP contribution in [0.5, 0.6) is 0 Å². The highest BCUT2D eigenvalue weighted by Gasteiger charge is 2.48. The van der Waals surface area contributed by atoms with Crippen molar-refractivity contribution in [1.29, 1.82) is 0 Å². The summed E-state index contributed by atoms with van der Waals surface area (Å²) in [4.78, 5) is 30.5. The third kappa shape index (κ3) is 5.07. The highest BCUT2D eigenvalue weighted by atomic mass is 127. The Labute approximate surface area is 196 Å². The van der Waals surface area contributed by atoms with Gasteiger partial charge in [-0.05, 0) is 38.2 Å². The molecule has 1 aromatic rings. The number of benzene rings is 1. The van der Waals surface area contributed by atoms with E-state index < -0.39 is 11.6 Å². The van der Waals surface area contributed by atoms with Gasteiger partial charge in [-0.3, -0.25) is 15.1 Å². The summed E-state index contributed by atoms with van der Waals surface area (Å²) in [6, 6.07) is 8.28. The average Bonchev–Trinajstić information content (AvgIpc) is 2.95. The number of urea groups is 1. The standard InChI is InChI=1S/C22H33N5O2.HI/c1-15-6-8-16(9-7-15)21(2,3)14-24-19(23-5)27-12-10-17(11-13-27)22(4)18(28)25-20(29)26-22;/h6-9,17H,10-14H2,1-5H3,(H,23,24)(H2,25,26,28,29);1H. The first-order chi connectivity index (χ1) is 13.7. The first-order valence-electron chi connectivity index (χ1n) is 10.3.